The van der Waals surface area contributed by atoms with E-state index in [1.54, 1.807) is 0 Å². The van der Waals surface area contributed by atoms with Gasteiger partial charge in [0.1, 0.15) is 0 Å². The van der Waals surface area contributed by atoms with Crippen molar-refractivity contribution in [3.05, 3.63) is 29.8 Å². The molecule has 0 spiro atoms. The molecule has 1 aliphatic rings. The summed E-state index contributed by atoms with van der Waals surface area (Å²) in [5.74, 6) is 0.610. The van der Waals surface area contributed by atoms with E-state index < -0.39 is 0 Å². The molecule has 0 aliphatic carbocycles. The number of benzene rings is 1. The van der Waals surface area contributed by atoms with E-state index in [0.29, 0.717) is 12.0 Å². The van der Waals surface area contributed by atoms with Crippen LogP contribution in [0.5, 0.6) is 0 Å². The van der Waals surface area contributed by atoms with Gasteiger partial charge >= 0.3 is 0 Å². The van der Waals surface area contributed by atoms with Crippen LogP contribution in [0, 0.1) is 0 Å². The minimum absolute atomic E-state index is 0.610. The third kappa shape index (κ3) is 3.97. The first kappa shape index (κ1) is 14.4. The van der Waals surface area contributed by atoms with Crippen molar-refractivity contribution < 1.29 is 0 Å². The quantitative estimate of drug-likeness (QED) is 0.867. The zero-order valence-electron chi connectivity index (χ0n) is 12.7. The number of nitrogens with zero attached hydrogens (tertiary/aromatic N) is 1. The molecule has 0 bridgehead atoms. The van der Waals surface area contributed by atoms with Gasteiger partial charge < -0.3 is 10.2 Å². The summed E-state index contributed by atoms with van der Waals surface area (Å²) >= 11 is 0. The van der Waals surface area contributed by atoms with Crippen molar-refractivity contribution in [3.63, 3.8) is 0 Å². The van der Waals surface area contributed by atoms with Crippen molar-refractivity contribution in [1.29, 1.82) is 0 Å². The van der Waals surface area contributed by atoms with E-state index in [4.69, 9.17) is 0 Å². The fraction of sp³-hybridized carbons (Fsp3) is 0.647. The fourth-order valence-electron chi connectivity index (χ4n) is 2.81. The Balaban J connectivity index is 2.02. The lowest BCUT2D eigenvalue weighted by molar-refractivity contribution is 0.423. The van der Waals surface area contributed by atoms with Crippen LogP contribution < -0.4 is 10.2 Å². The molecule has 2 nitrogen and oxygen atoms in total. The molecule has 1 N–H and O–H groups in total. The summed E-state index contributed by atoms with van der Waals surface area (Å²) in [4.78, 5) is 2.54. The fourth-order valence-corrected chi connectivity index (χ4v) is 2.81. The van der Waals surface area contributed by atoms with Gasteiger partial charge in [-0.05, 0) is 49.4 Å². The summed E-state index contributed by atoms with van der Waals surface area (Å²) in [5.41, 5.74) is 2.84. The van der Waals surface area contributed by atoms with Gasteiger partial charge in [-0.3, -0.25) is 0 Å². The van der Waals surface area contributed by atoms with Gasteiger partial charge in [-0.15, -0.1) is 0 Å². The molecule has 0 radical (unpaired) electrons. The van der Waals surface area contributed by atoms with Crippen molar-refractivity contribution in [2.75, 3.05) is 24.5 Å². The molecule has 1 aliphatic heterocycles. The predicted octanol–water partition coefficient (Wildman–Crippen LogP) is 3.78. The van der Waals surface area contributed by atoms with Crippen molar-refractivity contribution >= 4 is 5.69 Å². The standard InChI is InChI=1S/C17H28N2/c1-4-10-18-16-8-6-11-19(13-16)17-9-5-7-15(12-17)14(2)3/h5,7,9,12,14,16,18H,4,6,8,10-11,13H2,1-3H3. The molecule has 0 saturated carbocycles. The first-order valence-corrected chi connectivity index (χ1v) is 7.79. The van der Waals surface area contributed by atoms with E-state index in [-0.39, 0.29) is 0 Å². The molecule has 2 rings (SSSR count). The Morgan fingerprint density at radius 1 is 1.37 bits per heavy atom. The van der Waals surface area contributed by atoms with Crippen molar-refractivity contribution in [1.82, 2.24) is 5.32 Å². The largest absolute Gasteiger partial charge is 0.370 e. The van der Waals surface area contributed by atoms with Crippen LogP contribution in [0.25, 0.3) is 0 Å². The number of hydrogen-bond donors (Lipinski definition) is 1. The average Bonchev–Trinajstić information content (AvgIpc) is 2.45. The van der Waals surface area contributed by atoms with Gasteiger partial charge in [0.2, 0.25) is 0 Å². The van der Waals surface area contributed by atoms with Gasteiger partial charge in [0.05, 0.1) is 0 Å². The van der Waals surface area contributed by atoms with Crippen LogP contribution in [0.1, 0.15) is 51.5 Å². The smallest absolute Gasteiger partial charge is 0.0369 e. The number of rotatable bonds is 5. The van der Waals surface area contributed by atoms with E-state index in [0.717, 1.165) is 13.1 Å². The van der Waals surface area contributed by atoms with Crippen LogP contribution in [0.3, 0.4) is 0 Å². The zero-order chi connectivity index (χ0) is 13.7. The number of nitrogens with one attached hydrogen (secondary N) is 1. The van der Waals surface area contributed by atoms with Gasteiger partial charge in [0.15, 0.2) is 0 Å². The molecule has 19 heavy (non-hydrogen) atoms. The molecule has 0 amide bonds. The Hall–Kier alpha value is -1.02. The van der Waals surface area contributed by atoms with Crippen LogP contribution in [0.15, 0.2) is 24.3 Å². The first-order valence-electron chi connectivity index (χ1n) is 7.79. The molecule has 1 saturated heterocycles. The molecule has 1 heterocycles. The monoisotopic (exact) mass is 260 g/mol. The molecular formula is C17H28N2. The first-order chi connectivity index (χ1) is 9.20. The van der Waals surface area contributed by atoms with Crippen molar-refractivity contribution in [2.24, 2.45) is 0 Å². The van der Waals surface area contributed by atoms with Crippen molar-refractivity contribution in [2.45, 2.75) is 52.0 Å². The Bertz CT molecular complexity index is 387. The minimum Gasteiger partial charge on any atom is -0.370 e. The lowest BCUT2D eigenvalue weighted by atomic mass is 10.0. The van der Waals surface area contributed by atoms with Gasteiger partial charge in [0, 0.05) is 24.8 Å². The highest BCUT2D eigenvalue weighted by Crippen LogP contribution is 2.24. The summed E-state index contributed by atoms with van der Waals surface area (Å²) in [6.45, 7) is 10.3. The topological polar surface area (TPSA) is 15.3 Å². The molecule has 0 aromatic heterocycles. The number of piperidine rings is 1. The van der Waals surface area contributed by atoms with E-state index in [1.807, 2.05) is 0 Å². The number of hydrogen-bond acceptors (Lipinski definition) is 2. The summed E-state index contributed by atoms with van der Waals surface area (Å²) in [7, 11) is 0. The third-order valence-corrected chi connectivity index (χ3v) is 4.01. The molecular weight excluding hydrogens is 232 g/mol. The normalized spacial score (nSPS) is 20.0. The number of anilines is 1. The highest BCUT2D eigenvalue weighted by Gasteiger charge is 2.19. The van der Waals surface area contributed by atoms with Crippen molar-refractivity contribution in [3.8, 4) is 0 Å². The highest BCUT2D eigenvalue weighted by molar-refractivity contribution is 5.49. The second-order valence-corrected chi connectivity index (χ2v) is 5.99. The zero-order valence-corrected chi connectivity index (χ0v) is 12.7. The highest BCUT2D eigenvalue weighted by atomic mass is 15.2. The average molecular weight is 260 g/mol. The predicted molar refractivity (Wildman–Crippen MR) is 84.1 cm³/mol. The van der Waals surface area contributed by atoms with Crippen LogP contribution in [-0.2, 0) is 0 Å². The maximum Gasteiger partial charge on any atom is 0.0369 e. The second kappa shape index (κ2) is 6.95. The van der Waals surface area contributed by atoms with E-state index >= 15 is 0 Å². The molecule has 1 aromatic rings. The molecule has 106 valence electrons. The van der Waals surface area contributed by atoms with E-state index in [2.05, 4.69) is 55.3 Å². The molecule has 1 unspecified atom stereocenters. The lowest BCUT2D eigenvalue weighted by Gasteiger charge is -2.35. The van der Waals surface area contributed by atoms with Gasteiger partial charge in [-0.2, -0.15) is 0 Å². The third-order valence-electron chi connectivity index (χ3n) is 4.01. The Labute approximate surface area is 118 Å². The van der Waals surface area contributed by atoms with Crippen LogP contribution in [0.2, 0.25) is 0 Å². The summed E-state index contributed by atoms with van der Waals surface area (Å²) in [6.07, 6.45) is 3.84. The second-order valence-electron chi connectivity index (χ2n) is 5.99. The maximum atomic E-state index is 3.67. The Kier molecular flexibility index (Phi) is 5.26. The van der Waals surface area contributed by atoms with E-state index in [1.165, 1.54) is 37.1 Å². The van der Waals surface area contributed by atoms with Gasteiger partial charge in [0.25, 0.3) is 0 Å². The molecule has 2 heteroatoms. The van der Waals surface area contributed by atoms with Crippen LogP contribution >= 0.6 is 0 Å². The summed E-state index contributed by atoms with van der Waals surface area (Å²) in [6, 6.07) is 9.73. The molecule has 1 atom stereocenters. The van der Waals surface area contributed by atoms with Crippen LogP contribution in [-0.4, -0.2) is 25.7 Å². The lowest BCUT2D eigenvalue weighted by Crippen LogP contribution is -2.46. The summed E-state index contributed by atoms with van der Waals surface area (Å²) in [5, 5.41) is 3.67. The minimum atomic E-state index is 0.610. The van der Waals surface area contributed by atoms with Gasteiger partial charge in [-0.1, -0.05) is 32.9 Å². The molecule has 1 fully saturated rings. The SMILES string of the molecule is CCCNC1CCCN(c2cccc(C(C)C)c2)C1. The van der Waals surface area contributed by atoms with Crippen LogP contribution in [0.4, 0.5) is 5.69 Å². The van der Waals surface area contributed by atoms with E-state index in [9.17, 15) is 0 Å². The summed E-state index contributed by atoms with van der Waals surface area (Å²) < 4.78 is 0. The Morgan fingerprint density at radius 3 is 2.95 bits per heavy atom. The Morgan fingerprint density at radius 2 is 2.21 bits per heavy atom. The van der Waals surface area contributed by atoms with Gasteiger partial charge in [-0.25, -0.2) is 0 Å². The molecule has 1 aromatic carbocycles. The maximum absolute atomic E-state index is 3.67.